The lowest BCUT2D eigenvalue weighted by molar-refractivity contribution is -0.202. The Morgan fingerprint density at radius 1 is 1.20 bits per heavy atom. The van der Waals surface area contributed by atoms with E-state index in [2.05, 4.69) is 0 Å². The molecule has 2 fully saturated rings. The van der Waals surface area contributed by atoms with Crippen molar-refractivity contribution < 1.29 is 24.2 Å². The Morgan fingerprint density at radius 3 is 2.30 bits per heavy atom. The summed E-state index contributed by atoms with van der Waals surface area (Å²) in [7, 11) is 0. The maximum atomic E-state index is 12.3. The van der Waals surface area contributed by atoms with E-state index in [0.717, 1.165) is 38.5 Å². The van der Waals surface area contributed by atoms with Crippen molar-refractivity contribution in [2.75, 3.05) is 0 Å². The van der Waals surface area contributed by atoms with Gasteiger partial charge in [0.1, 0.15) is 0 Å². The molecule has 2 rings (SSSR count). The zero-order chi connectivity index (χ0) is 14.6. The molecule has 0 aromatic carbocycles. The third-order valence-corrected chi connectivity index (χ3v) is 4.48. The number of ether oxygens (including phenoxy) is 2. The number of hydrogen-bond donors (Lipinski definition) is 1. The van der Waals surface area contributed by atoms with Gasteiger partial charge in [0.2, 0.25) is 6.29 Å². The summed E-state index contributed by atoms with van der Waals surface area (Å²) in [5.41, 5.74) is -1.34. The van der Waals surface area contributed by atoms with Crippen molar-refractivity contribution in [3.8, 4) is 0 Å². The van der Waals surface area contributed by atoms with E-state index in [4.69, 9.17) is 9.47 Å². The normalized spacial score (nSPS) is 23.6. The van der Waals surface area contributed by atoms with Crippen molar-refractivity contribution in [1.82, 2.24) is 0 Å². The minimum atomic E-state index is -1.34. The molecule has 20 heavy (non-hydrogen) atoms. The van der Waals surface area contributed by atoms with Crippen molar-refractivity contribution in [1.29, 1.82) is 0 Å². The monoisotopic (exact) mass is 284 g/mol. The largest absolute Gasteiger partial charge is 0.480 e. The standard InChI is InChI=1S/C15H24O5/c1-2-12(19-11-7-3-4-8-11)20-14(18)15(13(16)17)9-5-6-10-15/h11-12H,2-10H2,1H3,(H,16,17). The van der Waals surface area contributed by atoms with Gasteiger partial charge in [0.25, 0.3) is 0 Å². The van der Waals surface area contributed by atoms with Crippen LogP contribution in [0.5, 0.6) is 0 Å². The number of carboxylic acids is 1. The number of carbonyl (C=O) groups excluding carboxylic acids is 1. The number of esters is 1. The molecule has 0 amide bonds. The lowest BCUT2D eigenvalue weighted by Crippen LogP contribution is -2.41. The van der Waals surface area contributed by atoms with Gasteiger partial charge in [-0.3, -0.25) is 9.59 Å². The first-order chi connectivity index (χ1) is 9.58. The summed E-state index contributed by atoms with van der Waals surface area (Å²) in [6, 6.07) is 0. The Balaban J connectivity index is 1.95. The third-order valence-electron chi connectivity index (χ3n) is 4.48. The van der Waals surface area contributed by atoms with Crippen molar-refractivity contribution in [3.05, 3.63) is 0 Å². The lowest BCUT2D eigenvalue weighted by atomic mass is 9.86. The Labute approximate surface area is 119 Å². The predicted molar refractivity (Wildman–Crippen MR) is 72.0 cm³/mol. The number of carboxylic acid groups (broad SMARTS) is 1. The van der Waals surface area contributed by atoms with Crippen LogP contribution in [0.4, 0.5) is 0 Å². The van der Waals surface area contributed by atoms with Crippen molar-refractivity contribution >= 4 is 11.9 Å². The molecule has 0 radical (unpaired) electrons. The Bertz CT molecular complexity index is 353. The topological polar surface area (TPSA) is 72.8 Å². The van der Waals surface area contributed by atoms with Crippen LogP contribution in [0, 0.1) is 5.41 Å². The molecule has 2 saturated carbocycles. The average molecular weight is 284 g/mol. The van der Waals surface area contributed by atoms with E-state index in [9.17, 15) is 14.7 Å². The van der Waals surface area contributed by atoms with Crippen LogP contribution in [0.2, 0.25) is 0 Å². The lowest BCUT2D eigenvalue weighted by Gasteiger charge is -2.26. The molecule has 1 unspecified atom stereocenters. The summed E-state index contributed by atoms with van der Waals surface area (Å²) in [4.78, 5) is 23.7. The molecule has 0 heterocycles. The molecule has 5 nitrogen and oxygen atoms in total. The van der Waals surface area contributed by atoms with Gasteiger partial charge in [-0.25, -0.2) is 0 Å². The van der Waals surface area contributed by atoms with Gasteiger partial charge < -0.3 is 14.6 Å². The summed E-state index contributed by atoms with van der Waals surface area (Å²) in [6.45, 7) is 1.88. The first-order valence-electron chi connectivity index (χ1n) is 7.68. The van der Waals surface area contributed by atoms with Crippen LogP contribution in [0.1, 0.15) is 64.7 Å². The fourth-order valence-corrected chi connectivity index (χ4v) is 3.16. The summed E-state index contributed by atoms with van der Waals surface area (Å²) >= 11 is 0. The van der Waals surface area contributed by atoms with Crippen molar-refractivity contribution in [2.24, 2.45) is 5.41 Å². The second-order valence-electron chi connectivity index (χ2n) is 5.88. The molecular formula is C15H24O5. The van der Waals surface area contributed by atoms with E-state index in [1.165, 1.54) is 0 Å². The van der Waals surface area contributed by atoms with E-state index < -0.39 is 23.6 Å². The van der Waals surface area contributed by atoms with Crippen molar-refractivity contribution in [2.45, 2.75) is 77.1 Å². The maximum absolute atomic E-state index is 12.3. The van der Waals surface area contributed by atoms with Gasteiger partial charge in [0.15, 0.2) is 5.41 Å². The highest BCUT2D eigenvalue weighted by Gasteiger charge is 2.50. The zero-order valence-electron chi connectivity index (χ0n) is 12.1. The predicted octanol–water partition coefficient (Wildman–Crippen LogP) is 2.87. The molecule has 0 aliphatic heterocycles. The van der Waals surface area contributed by atoms with Crippen LogP contribution in [0.25, 0.3) is 0 Å². The minimum absolute atomic E-state index is 0.150. The second kappa shape index (κ2) is 6.57. The van der Waals surface area contributed by atoms with E-state index in [-0.39, 0.29) is 6.10 Å². The van der Waals surface area contributed by atoms with Gasteiger partial charge in [0.05, 0.1) is 6.10 Å². The SMILES string of the molecule is CCC(OC(=O)C1(C(=O)O)CCCC1)OC1CCCC1. The van der Waals surface area contributed by atoms with Crippen LogP contribution in [0.3, 0.4) is 0 Å². The molecule has 2 aliphatic rings. The minimum Gasteiger partial charge on any atom is -0.480 e. The number of hydrogen-bond acceptors (Lipinski definition) is 4. The van der Waals surface area contributed by atoms with E-state index >= 15 is 0 Å². The van der Waals surface area contributed by atoms with Gasteiger partial charge in [-0.2, -0.15) is 0 Å². The summed E-state index contributed by atoms with van der Waals surface area (Å²) in [5.74, 6) is -1.68. The molecule has 0 bridgehead atoms. The Hall–Kier alpha value is -1.10. The van der Waals surface area contributed by atoms with Crippen molar-refractivity contribution in [3.63, 3.8) is 0 Å². The Kier molecular flexibility index (Phi) is 5.02. The second-order valence-corrected chi connectivity index (χ2v) is 5.88. The average Bonchev–Trinajstić information content (AvgIpc) is 3.09. The molecule has 114 valence electrons. The zero-order valence-corrected chi connectivity index (χ0v) is 12.1. The Morgan fingerprint density at radius 2 is 1.80 bits per heavy atom. The smallest absolute Gasteiger partial charge is 0.325 e. The molecule has 0 aromatic heterocycles. The van der Waals surface area contributed by atoms with Gasteiger partial charge in [-0.05, 0) is 25.7 Å². The third kappa shape index (κ3) is 3.14. The fraction of sp³-hybridized carbons (Fsp3) is 0.867. The molecule has 1 N–H and O–H groups in total. The van der Waals surface area contributed by atoms with Crippen LogP contribution < -0.4 is 0 Å². The van der Waals surface area contributed by atoms with Crippen LogP contribution in [0.15, 0.2) is 0 Å². The molecule has 2 aliphatic carbocycles. The van der Waals surface area contributed by atoms with Crippen LogP contribution >= 0.6 is 0 Å². The van der Waals surface area contributed by atoms with Crippen LogP contribution in [-0.2, 0) is 19.1 Å². The van der Waals surface area contributed by atoms with E-state index in [1.54, 1.807) is 0 Å². The first kappa shape index (κ1) is 15.3. The number of rotatable bonds is 6. The van der Waals surface area contributed by atoms with Gasteiger partial charge in [-0.1, -0.05) is 32.6 Å². The molecular weight excluding hydrogens is 260 g/mol. The number of aliphatic carboxylic acids is 1. The van der Waals surface area contributed by atoms with Gasteiger partial charge >= 0.3 is 11.9 Å². The summed E-state index contributed by atoms with van der Waals surface area (Å²) < 4.78 is 11.1. The molecule has 0 spiro atoms. The highest BCUT2D eigenvalue weighted by atomic mass is 16.7. The molecule has 0 saturated heterocycles. The van der Waals surface area contributed by atoms with Crippen LogP contribution in [-0.4, -0.2) is 29.4 Å². The molecule has 5 heteroatoms. The van der Waals surface area contributed by atoms with Gasteiger partial charge in [0, 0.05) is 6.42 Å². The highest BCUT2D eigenvalue weighted by molar-refractivity contribution is 5.99. The summed E-state index contributed by atoms with van der Waals surface area (Å²) in [6.07, 6.45) is 6.67. The maximum Gasteiger partial charge on any atom is 0.325 e. The van der Waals surface area contributed by atoms with E-state index in [0.29, 0.717) is 19.3 Å². The highest BCUT2D eigenvalue weighted by Crippen LogP contribution is 2.40. The van der Waals surface area contributed by atoms with E-state index in [1.807, 2.05) is 6.92 Å². The summed E-state index contributed by atoms with van der Waals surface area (Å²) in [5, 5.41) is 9.36. The quantitative estimate of drug-likeness (QED) is 0.461. The number of carbonyl (C=O) groups is 2. The molecule has 1 atom stereocenters. The van der Waals surface area contributed by atoms with Gasteiger partial charge in [-0.15, -0.1) is 0 Å². The fourth-order valence-electron chi connectivity index (χ4n) is 3.16. The molecule has 0 aromatic rings. The first-order valence-corrected chi connectivity index (χ1v) is 7.68.